The molecule has 0 aromatic heterocycles. The van der Waals surface area contributed by atoms with E-state index in [2.05, 4.69) is 28.2 Å². The molecule has 2 aliphatic carbocycles. The van der Waals surface area contributed by atoms with Crippen molar-refractivity contribution in [2.75, 3.05) is 25.9 Å². The number of hydrogen-bond acceptors (Lipinski definition) is 3. The molecule has 2 atom stereocenters. The molecule has 0 radical (unpaired) electrons. The predicted octanol–water partition coefficient (Wildman–Crippen LogP) is 3.27. The van der Waals surface area contributed by atoms with Crippen LogP contribution in [-0.4, -0.2) is 47.6 Å². The van der Waals surface area contributed by atoms with E-state index in [0.29, 0.717) is 5.54 Å². The Labute approximate surface area is 123 Å². The van der Waals surface area contributed by atoms with Crippen molar-refractivity contribution in [3.8, 4) is 0 Å². The van der Waals surface area contributed by atoms with Crippen LogP contribution in [0.25, 0.3) is 0 Å². The van der Waals surface area contributed by atoms with E-state index >= 15 is 0 Å². The first-order chi connectivity index (χ1) is 9.31. The SMILES string of the molecule is CSC1CCC(N2CCCNC3(CCCCC3)C2)C1. The monoisotopic (exact) mass is 282 g/mol. The Morgan fingerprint density at radius 1 is 1.11 bits per heavy atom. The highest BCUT2D eigenvalue weighted by molar-refractivity contribution is 7.99. The van der Waals surface area contributed by atoms with Crippen LogP contribution < -0.4 is 5.32 Å². The minimum atomic E-state index is 0.478. The molecular weight excluding hydrogens is 252 g/mol. The first-order valence-corrected chi connectivity index (χ1v) is 9.62. The van der Waals surface area contributed by atoms with Gasteiger partial charge in [0.15, 0.2) is 0 Å². The second-order valence-electron chi connectivity index (χ2n) is 6.92. The average molecular weight is 282 g/mol. The van der Waals surface area contributed by atoms with Gasteiger partial charge >= 0.3 is 0 Å². The lowest BCUT2D eigenvalue weighted by Gasteiger charge is -2.41. The first-order valence-electron chi connectivity index (χ1n) is 8.33. The Morgan fingerprint density at radius 2 is 1.95 bits per heavy atom. The smallest absolute Gasteiger partial charge is 0.0308 e. The molecule has 1 N–H and O–H groups in total. The van der Waals surface area contributed by atoms with E-state index in [0.717, 1.165) is 11.3 Å². The molecular formula is C16H30N2S. The van der Waals surface area contributed by atoms with E-state index in [1.165, 1.54) is 77.4 Å². The number of thioether (sulfide) groups is 1. The highest BCUT2D eigenvalue weighted by Crippen LogP contribution is 2.35. The van der Waals surface area contributed by atoms with Crippen LogP contribution >= 0.6 is 11.8 Å². The Balaban J connectivity index is 1.64. The quantitative estimate of drug-likeness (QED) is 0.837. The summed E-state index contributed by atoms with van der Waals surface area (Å²) in [4.78, 5) is 2.86. The van der Waals surface area contributed by atoms with Gasteiger partial charge in [-0.05, 0) is 57.9 Å². The average Bonchev–Trinajstić information content (AvgIpc) is 2.84. The fraction of sp³-hybridized carbons (Fsp3) is 1.00. The number of nitrogens with one attached hydrogen (secondary N) is 1. The summed E-state index contributed by atoms with van der Waals surface area (Å²) in [7, 11) is 0. The zero-order valence-corrected chi connectivity index (χ0v) is 13.3. The summed E-state index contributed by atoms with van der Waals surface area (Å²) in [6.45, 7) is 3.91. The van der Waals surface area contributed by atoms with Crippen LogP contribution in [0.2, 0.25) is 0 Å². The Morgan fingerprint density at radius 3 is 2.68 bits per heavy atom. The molecule has 3 fully saturated rings. The van der Waals surface area contributed by atoms with Gasteiger partial charge in [-0.25, -0.2) is 0 Å². The van der Waals surface area contributed by atoms with E-state index in [-0.39, 0.29) is 0 Å². The minimum absolute atomic E-state index is 0.478. The summed E-state index contributed by atoms with van der Waals surface area (Å²) in [6.07, 6.45) is 15.2. The van der Waals surface area contributed by atoms with Crippen molar-refractivity contribution >= 4 is 11.8 Å². The van der Waals surface area contributed by atoms with Gasteiger partial charge in [-0.2, -0.15) is 11.8 Å². The standard InChI is InChI=1S/C16H30N2S/c1-19-15-7-6-14(12-15)18-11-5-10-17-16(13-18)8-3-2-4-9-16/h14-15,17H,2-13H2,1H3. The topological polar surface area (TPSA) is 15.3 Å². The van der Waals surface area contributed by atoms with Gasteiger partial charge in [-0.15, -0.1) is 0 Å². The third-order valence-electron chi connectivity index (χ3n) is 5.65. The fourth-order valence-corrected chi connectivity index (χ4v) is 5.28. The molecule has 1 heterocycles. The summed E-state index contributed by atoms with van der Waals surface area (Å²) >= 11 is 2.09. The maximum absolute atomic E-state index is 3.93. The van der Waals surface area contributed by atoms with Crippen molar-refractivity contribution in [1.82, 2.24) is 10.2 Å². The van der Waals surface area contributed by atoms with E-state index in [1.807, 2.05) is 0 Å². The number of hydrogen-bond donors (Lipinski definition) is 1. The second-order valence-corrected chi connectivity index (χ2v) is 8.05. The minimum Gasteiger partial charge on any atom is -0.310 e. The molecule has 0 bridgehead atoms. The first kappa shape index (κ1) is 14.2. The van der Waals surface area contributed by atoms with Gasteiger partial charge in [0.2, 0.25) is 0 Å². The molecule has 2 unspecified atom stereocenters. The highest BCUT2D eigenvalue weighted by atomic mass is 32.2. The predicted molar refractivity (Wildman–Crippen MR) is 85.0 cm³/mol. The van der Waals surface area contributed by atoms with Gasteiger partial charge in [-0.1, -0.05) is 19.3 Å². The van der Waals surface area contributed by atoms with Crippen LogP contribution in [0.1, 0.15) is 57.8 Å². The summed E-state index contributed by atoms with van der Waals surface area (Å²) in [5, 5.41) is 4.86. The molecule has 3 rings (SSSR count). The van der Waals surface area contributed by atoms with Crippen LogP contribution in [0, 0.1) is 0 Å². The molecule has 1 spiro atoms. The van der Waals surface area contributed by atoms with E-state index in [1.54, 1.807) is 0 Å². The van der Waals surface area contributed by atoms with Gasteiger partial charge < -0.3 is 5.32 Å². The van der Waals surface area contributed by atoms with Crippen molar-refractivity contribution < 1.29 is 0 Å². The lowest BCUT2D eigenvalue weighted by molar-refractivity contribution is 0.129. The molecule has 1 saturated heterocycles. The summed E-state index contributed by atoms with van der Waals surface area (Å²) in [5.41, 5.74) is 0.478. The third kappa shape index (κ3) is 3.30. The molecule has 3 heteroatoms. The molecule has 1 aliphatic heterocycles. The lowest BCUT2D eigenvalue weighted by Crippen LogP contribution is -2.54. The third-order valence-corrected chi connectivity index (χ3v) is 6.74. The molecule has 2 saturated carbocycles. The molecule has 110 valence electrons. The van der Waals surface area contributed by atoms with Gasteiger partial charge in [-0.3, -0.25) is 4.90 Å². The maximum atomic E-state index is 3.93. The Kier molecular flexibility index (Phi) is 4.76. The Hall–Kier alpha value is 0.270. The number of nitrogens with zero attached hydrogens (tertiary/aromatic N) is 1. The fourth-order valence-electron chi connectivity index (χ4n) is 4.50. The van der Waals surface area contributed by atoms with Crippen LogP contribution in [0.3, 0.4) is 0 Å². The van der Waals surface area contributed by atoms with Crippen LogP contribution in [0.4, 0.5) is 0 Å². The van der Waals surface area contributed by atoms with Crippen molar-refractivity contribution in [3.05, 3.63) is 0 Å². The molecule has 0 aromatic rings. The van der Waals surface area contributed by atoms with Gasteiger partial charge in [0.05, 0.1) is 0 Å². The summed E-state index contributed by atoms with van der Waals surface area (Å²) in [5.74, 6) is 0. The zero-order valence-electron chi connectivity index (χ0n) is 12.5. The van der Waals surface area contributed by atoms with E-state index in [4.69, 9.17) is 0 Å². The van der Waals surface area contributed by atoms with E-state index in [9.17, 15) is 0 Å². The summed E-state index contributed by atoms with van der Waals surface area (Å²) in [6, 6.07) is 0.885. The van der Waals surface area contributed by atoms with Gasteiger partial charge in [0.1, 0.15) is 0 Å². The summed E-state index contributed by atoms with van der Waals surface area (Å²) < 4.78 is 0. The molecule has 3 aliphatic rings. The van der Waals surface area contributed by atoms with E-state index < -0.39 is 0 Å². The normalized spacial score (nSPS) is 36.5. The Bertz CT molecular complexity index is 288. The molecule has 0 aromatic carbocycles. The maximum Gasteiger partial charge on any atom is 0.0308 e. The lowest BCUT2D eigenvalue weighted by atomic mass is 9.81. The largest absolute Gasteiger partial charge is 0.310 e. The van der Waals surface area contributed by atoms with Crippen molar-refractivity contribution in [2.24, 2.45) is 0 Å². The molecule has 2 nitrogen and oxygen atoms in total. The van der Waals surface area contributed by atoms with Crippen LogP contribution in [0.15, 0.2) is 0 Å². The van der Waals surface area contributed by atoms with Crippen LogP contribution in [-0.2, 0) is 0 Å². The van der Waals surface area contributed by atoms with Crippen molar-refractivity contribution in [3.63, 3.8) is 0 Å². The van der Waals surface area contributed by atoms with Crippen molar-refractivity contribution in [1.29, 1.82) is 0 Å². The molecule has 19 heavy (non-hydrogen) atoms. The second kappa shape index (κ2) is 6.36. The van der Waals surface area contributed by atoms with Crippen LogP contribution in [0.5, 0.6) is 0 Å². The zero-order chi connectivity index (χ0) is 13.1. The van der Waals surface area contributed by atoms with Crippen molar-refractivity contribution in [2.45, 2.75) is 74.6 Å². The highest BCUT2D eigenvalue weighted by Gasteiger charge is 2.38. The number of rotatable bonds is 2. The molecule has 0 amide bonds. The van der Waals surface area contributed by atoms with Gasteiger partial charge in [0.25, 0.3) is 0 Å². The van der Waals surface area contributed by atoms with Gasteiger partial charge in [0, 0.05) is 23.4 Å².